The fourth-order valence-corrected chi connectivity index (χ4v) is 3.23. The van der Waals surface area contributed by atoms with Crippen LogP contribution in [0.25, 0.3) is 0 Å². The molecule has 0 aromatic carbocycles. The van der Waals surface area contributed by atoms with Crippen molar-refractivity contribution in [1.29, 1.82) is 0 Å². The highest BCUT2D eigenvalue weighted by molar-refractivity contribution is 7.85. The lowest BCUT2D eigenvalue weighted by Gasteiger charge is -2.19. The Labute approximate surface area is 154 Å². The minimum Gasteiger partial charge on any atom is -0.389 e. The molecule has 152 valence electrons. The van der Waals surface area contributed by atoms with E-state index in [1.807, 2.05) is 0 Å². The van der Waals surface area contributed by atoms with Gasteiger partial charge in [-0.15, -0.1) is 0 Å². The summed E-state index contributed by atoms with van der Waals surface area (Å²) in [5.41, 5.74) is 0. The summed E-state index contributed by atoms with van der Waals surface area (Å²) in [5, 5.41) is 9.83. The molecule has 0 radical (unpaired) electrons. The van der Waals surface area contributed by atoms with Crippen molar-refractivity contribution in [3.63, 3.8) is 0 Å². The summed E-state index contributed by atoms with van der Waals surface area (Å²) >= 11 is 0. The molecule has 0 aliphatic rings. The van der Waals surface area contributed by atoms with Crippen molar-refractivity contribution in [2.24, 2.45) is 0 Å². The van der Waals surface area contributed by atoms with Gasteiger partial charge in [-0.1, -0.05) is 64.7 Å². The molecule has 7 heteroatoms. The van der Waals surface area contributed by atoms with Crippen molar-refractivity contribution in [2.45, 2.75) is 77.2 Å². The molecule has 0 aliphatic carbocycles. The lowest BCUT2D eigenvalue weighted by Crippen LogP contribution is -2.35. The summed E-state index contributed by atoms with van der Waals surface area (Å²) in [4.78, 5) is 1.67. The van der Waals surface area contributed by atoms with E-state index in [1.165, 1.54) is 57.8 Å². The largest absolute Gasteiger partial charge is 0.389 e. The first kappa shape index (κ1) is 24.8. The minimum atomic E-state index is -3.95. The molecule has 1 unspecified atom stereocenters. The second kappa shape index (κ2) is 16.0. The van der Waals surface area contributed by atoms with Crippen molar-refractivity contribution >= 4 is 10.1 Å². The number of likely N-dealkylation sites (N-methyl/N-ethyl adjacent to an activating group) is 1. The molecular formula is C18H39NO5S. The van der Waals surface area contributed by atoms with Crippen LogP contribution in [0.5, 0.6) is 0 Å². The van der Waals surface area contributed by atoms with Crippen LogP contribution < -0.4 is 0 Å². The second-order valence-electron chi connectivity index (χ2n) is 6.96. The van der Waals surface area contributed by atoms with Crippen LogP contribution in [0.3, 0.4) is 0 Å². The number of hydrogen-bond donors (Lipinski definition) is 2. The third-order valence-electron chi connectivity index (χ3n) is 4.21. The first-order chi connectivity index (χ1) is 11.8. The van der Waals surface area contributed by atoms with E-state index in [1.54, 1.807) is 11.9 Å². The highest BCUT2D eigenvalue weighted by Gasteiger charge is 2.11. The Bertz CT molecular complexity index is 389. The van der Waals surface area contributed by atoms with Crippen LogP contribution in [0.4, 0.5) is 0 Å². The summed E-state index contributed by atoms with van der Waals surface area (Å²) in [7, 11) is -2.24. The molecule has 0 bridgehead atoms. The molecule has 0 saturated carbocycles. The monoisotopic (exact) mass is 381 g/mol. The average molecular weight is 382 g/mol. The van der Waals surface area contributed by atoms with E-state index in [2.05, 4.69) is 6.92 Å². The van der Waals surface area contributed by atoms with Gasteiger partial charge in [0, 0.05) is 19.7 Å². The molecule has 2 N–H and O–H groups in total. The van der Waals surface area contributed by atoms with Gasteiger partial charge in [0.2, 0.25) is 0 Å². The highest BCUT2D eigenvalue weighted by atomic mass is 32.2. The predicted octanol–water partition coefficient (Wildman–Crippen LogP) is 3.10. The zero-order valence-electron chi connectivity index (χ0n) is 16.2. The molecule has 0 rings (SSSR count). The van der Waals surface area contributed by atoms with Crippen molar-refractivity contribution in [3.05, 3.63) is 0 Å². The van der Waals surface area contributed by atoms with E-state index >= 15 is 0 Å². The Balaban J connectivity index is 3.36. The smallest absolute Gasteiger partial charge is 0.266 e. The fourth-order valence-electron chi connectivity index (χ4n) is 2.69. The maximum absolute atomic E-state index is 10.7. The van der Waals surface area contributed by atoms with E-state index in [0.717, 1.165) is 6.42 Å². The number of nitrogens with zero attached hydrogens (tertiary/aromatic N) is 1. The predicted molar refractivity (Wildman–Crippen MR) is 103 cm³/mol. The molecular weight excluding hydrogens is 342 g/mol. The van der Waals surface area contributed by atoms with Crippen LogP contribution in [0.2, 0.25) is 0 Å². The van der Waals surface area contributed by atoms with Gasteiger partial charge < -0.3 is 14.7 Å². The zero-order valence-corrected chi connectivity index (χ0v) is 17.0. The van der Waals surface area contributed by atoms with Crippen LogP contribution in [0.15, 0.2) is 0 Å². The third kappa shape index (κ3) is 20.0. The standard InChI is InChI=1S/C18H39NO5S/c1-3-4-5-6-7-8-9-10-11-12-14-24-17-18(20)16-19(2)13-15-25(21,22)23/h18,20H,3-17H2,1-2H3,(H,21,22,23). The van der Waals surface area contributed by atoms with E-state index in [4.69, 9.17) is 9.29 Å². The number of aliphatic hydroxyl groups is 1. The van der Waals surface area contributed by atoms with Gasteiger partial charge in [-0.2, -0.15) is 8.42 Å². The van der Waals surface area contributed by atoms with Gasteiger partial charge in [-0.25, -0.2) is 0 Å². The van der Waals surface area contributed by atoms with Gasteiger partial charge >= 0.3 is 0 Å². The molecule has 6 nitrogen and oxygen atoms in total. The van der Waals surface area contributed by atoms with Crippen LogP contribution >= 0.6 is 0 Å². The maximum Gasteiger partial charge on any atom is 0.266 e. The van der Waals surface area contributed by atoms with Gasteiger partial charge in [0.25, 0.3) is 10.1 Å². The topological polar surface area (TPSA) is 87.1 Å². The first-order valence-corrected chi connectivity index (χ1v) is 11.4. The van der Waals surface area contributed by atoms with Gasteiger partial charge in [0.05, 0.1) is 18.5 Å². The maximum atomic E-state index is 10.7. The Morgan fingerprint density at radius 3 is 2.00 bits per heavy atom. The summed E-state index contributed by atoms with van der Waals surface area (Å²) in [5.74, 6) is -0.324. The Kier molecular flexibility index (Phi) is 15.9. The fraction of sp³-hybridized carbons (Fsp3) is 1.00. The molecule has 0 spiro atoms. The molecule has 0 heterocycles. The molecule has 0 amide bonds. The minimum absolute atomic E-state index is 0.189. The highest BCUT2D eigenvalue weighted by Crippen LogP contribution is 2.10. The summed E-state index contributed by atoms with van der Waals surface area (Å²) in [6, 6.07) is 0. The van der Waals surface area contributed by atoms with Crippen LogP contribution in [-0.2, 0) is 14.9 Å². The van der Waals surface area contributed by atoms with Crippen LogP contribution in [0.1, 0.15) is 71.1 Å². The number of ether oxygens (including phenoxy) is 1. The van der Waals surface area contributed by atoms with Crippen molar-refractivity contribution < 1.29 is 22.8 Å². The number of hydrogen-bond acceptors (Lipinski definition) is 5. The number of rotatable bonds is 18. The average Bonchev–Trinajstić information content (AvgIpc) is 2.53. The molecule has 25 heavy (non-hydrogen) atoms. The van der Waals surface area contributed by atoms with Crippen LogP contribution in [-0.4, -0.2) is 68.2 Å². The molecule has 1 atom stereocenters. The lowest BCUT2D eigenvalue weighted by molar-refractivity contribution is 0.0203. The molecule has 0 aliphatic heterocycles. The van der Waals surface area contributed by atoms with Crippen LogP contribution in [0, 0.1) is 0 Å². The molecule has 0 aromatic heterocycles. The normalized spacial score (nSPS) is 13.5. The van der Waals surface area contributed by atoms with Crippen molar-refractivity contribution in [2.75, 3.05) is 39.1 Å². The first-order valence-electron chi connectivity index (χ1n) is 9.74. The SMILES string of the molecule is CCCCCCCCCCCCOCC(O)CN(C)CCS(=O)(=O)O. The van der Waals surface area contributed by atoms with E-state index in [0.29, 0.717) is 13.2 Å². The molecule has 0 saturated heterocycles. The van der Waals surface area contributed by atoms with Gasteiger partial charge in [0.1, 0.15) is 0 Å². The molecule has 0 aromatic rings. The van der Waals surface area contributed by atoms with Crippen molar-refractivity contribution in [1.82, 2.24) is 4.90 Å². The van der Waals surface area contributed by atoms with Crippen molar-refractivity contribution in [3.8, 4) is 0 Å². The van der Waals surface area contributed by atoms with Gasteiger partial charge in [0.15, 0.2) is 0 Å². The van der Waals surface area contributed by atoms with Gasteiger partial charge in [-0.05, 0) is 13.5 Å². The van der Waals surface area contributed by atoms with Gasteiger partial charge in [-0.3, -0.25) is 4.55 Å². The van der Waals surface area contributed by atoms with E-state index < -0.39 is 16.2 Å². The van der Waals surface area contributed by atoms with E-state index in [-0.39, 0.29) is 18.9 Å². The summed E-state index contributed by atoms with van der Waals surface area (Å²) < 4.78 is 35.5. The number of aliphatic hydroxyl groups excluding tert-OH is 1. The summed E-state index contributed by atoms with van der Waals surface area (Å²) in [6.07, 6.45) is 12.2. The Hall–Kier alpha value is -0.210. The third-order valence-corrected chi connectivity index (χ3v) is 4.90. The summed E-state index contributed by atoms with van der Waals surface area (Å²) in [6.45, 7) is 3.67. The second-order valence-corrected chi connectivity index (χ2v) is 8.53. The number of unbranched alkanes of at least 4 members (excludes halogenated alkanes) is 9. The quantitative estimate of drug-likeness (QED) is 0.280. The Morgan fingerprint density at radius 1 is 0.960 bits per heavy atom. The molecule has 0 fully saturated rings. The Morgan fingerprint density at radius 2 is 1.48 bits per heavy atom. The lowest BCUT2D eigenvalue weighted by atomic mass is 10.1. The zero-order chi connectivity index (χ0) is 19.0. The van der Waals surface area contributed by atoms with E-state index in [9.17, 15) is 13.5 Å².